The van der Waals surface area contributed by atoms with Crippen LogP contribution in [0.3, 0.4) is 0 Å². The molecular weight excluding hydrogens is 490 g/mol. The minimum atomic E-state index is -0.159. The summed E-state index contributed by atoms with van der Waals surface area (Å²) in [6, 6.07) is 28.0. The van der Waals surface area contributed by atoms with Gasteiger partial charge >= 0.3 is 0 Å². The number of fused-ring (bicyclic) bond motifs is 6. The average Bonchev–Trinajstić information content (AvgIpc) is 3.58. The second-order valence-corrected chi connectivity index (χ2v) is 12.2. The SMILES string of the molecule is O=C1C(=Cc2ccc3c(c2)C2(CCCC2)c2ccccc2N3C2CCCCC2)C(=O)c2cc3ccccc3cc21. The standard InChI is InChI=1S/C37H33NO2/c39-35-28-22-25-10-4-5-11-26(25)23-29(28)36(40)30(35)20-24-16-17-34-32(21-24)37(18-8-9-19-37)31-14-6-7-15-33(31)38(34)27-12-2-1-3-13-27/h4-7,10-11,14-17,20-23,27H,1-3,8-9,12-13,18-19H2. The van der Waals surface area contributed by atoms with E-state index in [0.29, 0.717) is 17.2 Å². The van der Waals surface area contributed by atoms with Gasteiger partial charge in [-0.15, -0.1) is 0 Å². The number of carbonyl (C=O) groups excluding carboxylic acids is 2. The molecule has 0 aromatic heterocycles. The van der Waals surface area contributed by atoms with Gasteiger partial charge in [0.2, 0.25) is 0 Å². The Morgan fingerprint density at radius 3 is 1.98 bits per heavy atom. The quantitative estimate of drug-likeness (QED) is 0.194. The number of anilines is 2. The van der Waals surface area contributed by atoms with Crippen LogP contribution < -0.4 is 4.90 Å². The Labute approximate surface area is 235 Å². The van der Waals surface area contributed by atoms with E-state index in [2.05, 4.69) is 47.4 Å². The maximum Gasteiger partial charge on any atom is 0.197 e. The van der Waals surface area contributed by atoms with Gasteiger partial charge < -0.3 is 4.90 Å². The van der Waals surface area contributed by atoms with Gasteiger partial charge in [-0.05, 0) is 89.6 Å². The van der Waals surface area contributed by atoms with E-state index in [1.165, 1.54) is 67.4 Å². The minimum absolute atomic E-state index is 0.00398. The predicted molar refractivity (Wildman–Crippen MR) is 162 cm³/mol. The zero-order chi connectivity index (χ0) is 26.8. The van der Waals surface area contributed by atoms with Crippen molar-refractivity contribution in [3.05, 3.63) is 112 Å². The number of para-hydroxylation sites is 1. The van der Waals surface area contributed by atoms with Gasteiger partial charge in [-0.2, -0.15) is 0 Å². The van der Waals surface area contributed by atoms with Gasteiger partial charge in [0.25, 0.3) is 0 Å². The van der Waals surface area contributed by atoms with Gasteiger partial charge in [-0.3, -0.25) is 9.59 Å². The number of ketones is 2. The first-order chi connectivity index (χ1) is 19.6. The molecule has 1 heterocycles. The topological polar surface area (TPSA) is 37.4 Å². The molecule has 0 amide bonds. The van der Waals surface area contributed by atoms with Crippen LogP contribution in [0.1, 0.15) is 95.2 Å². The van der Waals surface area contributed by atoms with Crippen LogP contribution in [0, 0.1) is 0 Å². The Balaban J connectivity index is 1.26. The van der Waals surface area contributed by atoms with Crippen molar-refractivity contribution in [3.63, 3.8) is 0 Å². The first kappa shape index (κ1) is 23.9. The molecule has 1 aliphatic heterocycles. The summed E-state index contributed by atoms with van der Waals surface area (Å²) in [7, 11) is 0. The van der Waals surface area contributed by atoms with Gasteiger partial charge in [0.15, 0.2) is 11.6 Å². The lowest BCUT2D eigenvalue weighted by Crippen LogP contribution is -2.41. The van der Waals surface area contributed by atoms with Crippen molar-refractivity contribution in [2.24, 2.45) is 0 Å². The van der Waals surface area contributed by atoms with E-state index in [1.807, 2.05) is 42.5 Å². The van der Waals surface area contributed by atoms with Gasteiger partial charge in [0.1, 0.15) is 0 Å². The van der Waals surface area contributed by atoms with Crippen LogP contribution in [0.2, 0.25) is 0 Å². The van der Waals surface area contributed by atoms with Crippen LogP contribution in [0.5, 0.6) is 0 Å². The molecule has 0 atom stereocenters. The largest absolute Gasteiger partial charge is 0.338 e. The third-order valence-electron chi connectivity index (χ3n) is 10.0. The summed E-state index contributed by atoms with van der Waals surface area (Å²) >= 11 is 0. The number of Topliss-reactive ketones (excluding diaryl/α,β-unsaturated/α-hetero) is 2. The van der Waals surface area contributed by atoms with Crippen molar-refractivity contribution >= 4 is 39.8 Å². The zero-order valence-electron chi connectivity index (χ0n) is 22.8. The minimum Gasteiger partial charge on any atom is -0.338 e. The fourth-order valence-electron chi connectivity index (χ4n) is 8.16. The van der Waals surface area contributed by atoms with E-state index in [9.17, 15) is 9.59 Å². The molecule has 40 heavy (non-hydrogen) atoms. The molecule has 3 aliphatic carbocycles. The first-order valence-corrected chi connectivity index (χ1v) is 15.0. The summed E-state index contributed by atoms with van der Waals surface area (Å²) < 4.78 is 0. The van der Waals surface area contributed by atoms with Crippen molar-refractivity contribution < 1.29 is 9.59 Å². The number of hydrogen-bond donors (Lipinski definition) is 0. The highest BCUT2D eigenvalue weighted by molar-refractivity contribution is 6.42. The maximum absolute atomic E-state index is 13.5. The summed E-state index contributed by atoms with van der Waals surface area (Å²) in [6.45, 7) is 0. The Morgan fingerprint density at radius 2 is 1.27 bits per heavy atom. The molecule has 1 spiro atoms. The average molecular weight is 524 g/mol. The molecule has 0 radical (unpaired) electrons. The summed E-state index contributed by atoms with van der Waals surface area (Å²) in [5, 5.41) is 1.98. The highest BCUT2D eigenvalue weighted by Crippen LogP contribution is 2.57. The van der Waals surface area contributed by atoms with E-state index in [-0.39, 0.29) is 22.6 Å². The number of carbonyl (C=O) groups is 2. The second kappa shape index (κ2) is 9.02. The van der Waals surface area contributed by atoms with Crippen molar-refractivity contribution in [1.29, 1.82) is 0 Å². The molecule has 4 aliphatic rings. The lowest BCUT2D eigenvalue weighted by Gasteiger charge is -2.47. The van der Waals surface area contributed by atoms with E-state index in [4.69, 9.17) is 0 Å². The molecule has 4 aromatic carbocycles. The highest BCUT2D eigenvalue weighted by Gasteiger charge is 2.46. The monoisotopic (exact) mass is 523 g/mol. The predicted octanol–water partition coefficient (Wildman–Crippen LogP) is 8.95. The second-order valence-electron chi connectivity index (χ2n) is 12.2. The van der Waals surface area contributed by atoms with Gasteiger partial charge in [0.05, 0.1) is 5.57 Å². The zero-order valence-corrected chi connectivity index (χ0v) is 22.8. The van der Waals surface area contributed by atoms with Gasteiger partial charge in [0, 0.05) is 34.0 Å². The molecule has 0 unspecified atom stereocenters. The van der Waals surface area contributed by atoms with E-state index >= 15 is 0 Å². The molecule has 0 saturated heterocycles. The van der Waals surface area contributed by atoms with Crippen LogP contribution in [0.4, 0.5) is 11.4 Å². The third kappa shape index (κ3) is 3.43. The van der Waals surface area contributed by atoms with Crippen LogP contribution in [0.25, 0.3) is 16.8 Å². The first-order valence-electron chi connectivity index (χ1n) is 15.0. The summed E-state index contributed by atoms with van der Waals surface area (Å²) in [6.07, 6.45) is 12.9. The highest BCUT2D eigenvalue weighted by atomic mass is 16.2. The van der Waals surface area contributed by atoms with Gasteiger partial charge in [-0.25, -0.2) is 0 Å². The van der Waals surface area contributed by atoms with Gasteiger partial charge in [-0.1, -0.05) is 80.6 Å². The van der Waals surface area contributed by atoms with Crippen LogP contribution in [0.15, 0.2) is 84.4 Å². The number of nitrogens with zero attached hydrogens (tertiary/aromatic N) is 1. The third-order valence-corrected chi connectivity index (χ3v) is 10.0. The van der Waals surface area contributed by atoms with Crippen molar-refractivity contribution in [3.8, 4) is 0 Å². The number of allylic oxidation sites excluding steroid dienone is 1. The Kier molecular flexibility index (Phi) is 5.38. The Bertz CT molecular complexity index is 1680. The van der Waals surface area contributed by atoms with Crippen LogP contribution in [-0.2, 0) is 5.41 Å². The molecule has 4 aromatic rings. The summed E-state index contributed by atoms with van der Waals surface area (Å²) in [5.41, 5.74) is 7.83. The van der Waals surface area contributed by atoms with Crippen molar-refractivity contribution in [1.82, 2.24) is 0 Å². The lowest BCUT2D eigenvalue weighted by atomic mass is 9.68. The maximum atomic E-state index is 13.5. The fraction of sp³-hybridized carbons (Fsp3) is 0.297. The normalized spacial score (nSPS) is 19.7. The summed E-state index contributed by atoms with van der Waals surface area (Å²) in [5.74, 6) is -0.318. The molecule has 8 rings (SSSR count). The molecule has 198 valence electrons. The number of benzene rings is 4. The molecule has 0 bridgehead atoms. The lowest BCUT2D eigenvalue weighted by molar-refractivity contribution is 0.0990. The van der Waals surface area contributed by atoms with E-state index < -0.39 is 0 Å². The molecule has 2 saturated carbocycles. The van der Waals surface area contributed by atoms with Crippen molar-refractivity contribution in [2.75, 3.05) is 4.90 Å². The van der Waals surface area contributed by atoms with Crippen LogP contribution in [-0.4, -0.2) is 17.6 Å². The number of hydrogen-bond acceptors (Lipinski definition) is 3. The Morgan fingerprint density at radius 1 is 0.650 bits per heavy atom. The molecular formula is C37H33NO2. The molecule has 2 fully saturated rings. The molecule has 3 nitrogen and oxygen atoms in total. The summed E-state index contributed by atoms with van der Waals surface area (Å²) in [4.78, 5) is 29.7. The molecule has 3 heteroatoms. The van der Waals surface area contributed by atoms with E-state index in [1.54, 1.807) is 0 Å². The molecule has 0 N–H and O–H groups in total. The fourth-order valence-corrected chi connectivity index (χ4v) is 8.16. The smallest absolute Gasteiger partial charge is 0.197 e. The van der Waals surface area contributed by atoms with Crippen LogP contribution >= 0.6 is 0 Å². The van der Waals surface area contributed by atoms with Crippen molar-refractivity contribution in [2.45, 2.75) is 69.2 Å². The Hall–Kier alpha value is -3.98. The number of rotatable bonds is 2. The van der Waals surface area contributed by atoms with E-state index in [0.717, 1.165) is 29.2 Å².